The number of fused-ring (bicyclic) bond motifs is 1. The van der Waals surface area contributed by atoms with E-state index in [-0.39, 0.29) is 29.0 Å². The van der Waals surface area contributed by atoms with Gasteiger partial charge >= 0.3 is 6.18 Å². The predicted molar refractivity (Wildman–Crippen MR) is 125 cm³/mol. The Morgan fingerprint density at radius 1 is 1.11 bits per heavy atom. The number of hydrogen-bond donors (Lipinski definition) is 3. The second-order valence-electron chi connectivity index (χ2n) is 7.77. The molecule has 0 bridgehead atoms. The van der Waals surface area contributed by atoms with Crippen LogP contribution in [0.2, 0.25) is 5.02 Å². The number of benzene rings is 2. The summed E-state index contributed by atoms with van der Waals surface area (Å²) >= 11 is 6.36. The molecule has 0 radical (unpaired) electrons. The Hall–Kier alpha value is -3.38. The fourth-order valence-electron chi connectivity index (χ4n) is 3.53. The molecule has 36 heavy (non-hydrogen) atoms. The van der Waals surface area contributed by atoms with Crippen molar-refractivity contribution in [2.24, 2.45) is 0 Å². The third-order valence-corrected chi connectivity index (χ3v) is 5.54. The van der Waals surface area contributed by atoms with Crippen LogP contribution in [0.3, 0.4) is 0 Å². The van der Waals surface area contributed by atoms with E-state index in [1.54, 1.807) is 18.2 Å². The van der Waals surface area contributed by atoms with Crippen molar-refractivity contribution in [2.45, 2.75) is 18.9 Å². The van der Waals surface area contributed by atoms with Crippen molar-refractivity contribution in [3.8, 4) is 11.3 Å². The molecule has 188 valence electrons. The first-order valence-corrected chi connectivity index (χ1v) is 10.9. The van der Waals surface area contributed by atoms with E-state index in [4.69, 9.17) is 21.4 Å². The van der Waals surface area contributed by atoms with Gasteiger partial charge in [-0.25, -0.2) is 14.4 Å². The normalized spacial score (nSPS) is 12.7. The van der Waals surface area contributed by atoms with Gasteiger partial charge in [-0.1, -0.05) is 17.7 Å². The van der Waals surface area contributed by atoms with Crippen LogP contribution < -0.4 is 5.32 Å². The van der Waals surface area contributed by atoms with E-state index in [0.29, 0.717) is 33.8 Å². The fraction of sp³-hybridized carbons (Fsp3) is 0.208. The largest absolute Gasteiger partial charge is 0.419 e. The van der Waals surface area contributed by atoms with Gasteiger partial charge in [0.1, 0.15) is 24.3 Å². The number of aliphatic hydroxyl groups excluding tert-OH is 2. The second-order valence-corrected chi connectivity index (χ2v) is 8.18. The van der Waals surface area contributed by atoms with Gasteiger partial charge in [-0.3, -0.25) is 4.98 Å². The minimum atomic E-state index is -4.81. The number of ether oxygens (including phenoxy) is 1. The van der Waals surface area contributed by atoms with Crippen molar-refractivity contribution in [3.05, 3.63) is 76.5 Å². The van der Waals surface area contributed by atoms with Crippen molar-refractivity contribution >= 4 is 34.0 Å². The van der Waals surface area contributed by atoms with Gasteiger partial charge in [0.2, 0.25) is 0 Å². The molecule has 3 N–H and O–H groups in total. The number of hydrogen-bond acceptors (Lipinski definition) is 7. The molecule has 0 aliphatic heterocycles. The molecule has 2 aromatic carbocycles. The molecule has 0 aliphatic rings. The van der Waals surface area contributed by atoms with Crippen LogP contribution in [0.25, 0.3) is 22.2 Å². The molecule has 12 heteroatoms. The van der Waals surface area contributed by atoms with Crippen LogP contribution in [0.5, 0.6) is 0 Å². The molecule has 0 saturated heterocycles. The van der Waals surface area contributed by atoms with Crippen LogP contribution in [0.4, 0.5) is 29.1 Å². The number of nitrogens with zero attached hydrogens (tertiary/aromatic N) is 3. The van der Waals surface area contributed by atoms with Gasteiger partial charge in [-0.2, -0.15) is 13.2 Å². The number of aliphatic hydroxyl groups is 2. The van der Waals surface area contributed by atoms with Crippen LogP contribution in [-0.4, -0.2) is 38.9 Å². The highest BCUT2D eigenvalue weighted by Crippen LogP contribution is 2.35. The molecular weight excluding hydrogens is 504 g/mol. The number of methoxy groups -OCH3 is 1. The first kappa shape index (κ1) is 25.7. The number of halogens is 5. The molecule has 2 heterocycles. The van der Waals surface area contributed by atoms with E-state index < -0.39 is 30.3 Å². The summed E-state index contributed by atoms with van der Waals surface area (Å²) in [5, 5.41) is 22.5. The lowest BCUT2D eigenvalue weighted by Gasteiger charge is -2.14. The average Bonchev–Trinajstić information content (AvgIpc) is 2.82. The quantitative estimate of drug-likeness (QED) is 0.279. The highest BCUT2D eigenvalue weighted by atomic mass is 35.5. The summed E-state index contributed by atoms with van der Waals surface area (Å²) < 4.78 is 57.9. The lowest BCUT2D eigenvalue weighted by Crippen LogP contribution is -2.08. The maximum Gasteiger partial charge on any atom is 0.419 e. The van der Waals surface area contributed by atoms with E-state index in [1.165, 1.54) is 19.4 Å². The molecule has 0 aliphatic carbocycles. The Morgan fingerprint density at radius 2 is 1.89 bits per heavy atom. The monoisotopic (exact) mass is 522 g/mol. The predicted octanol–water partition coefficient (Wildman–Crippen LogP) is 5.42. The van der Waals surface area contributed by atoms with Crippen LogP contribution in [0.1, 0.15) is 23.1 Å². The molecule has 7 nitrogen and oxygen atoms in total. The molecule has 0 amide bonds. The van der Waals surface area contributed by atoms with Gasteiger partial charge in [-0.15, -0.1) is 0 Å². The maximum atomic E-state index is 14.1. The Labute approximate surface area is 207 Å². The topological polar surface area (TPSA) is 100 Å². The minimum Gasteiger partial charge on any atom is -0.393 e. The summed E-state index contributed by atoms with van der Waals surface area (Å²) in [5.74, 6) is -0.906. The number of anilines is 2. The van der Waals surface area contributed by atoms with Crippen molar-refractivity contribution in [1.82, 2.24) is 15.0 Å². The average molecular weight is 523 g/mol. The van der Waals surface area contributed by atoms with Crippen molar-refractivity contribution in [1.29, 1.82) is 0 Å². The van der Waals surface area contributed by atoms with Gasteiger partial charge in [0.25, 0.3) is 0 Å². The van der Waals surface area contributed by atoms with Crippen LogP contribution in [-0.2, 0) is 17.5 Å². The Balaban J connectivity index is 1.75. The summed E-state index contributed by atoms with van der Waals surface area (Å²) in [6.07, 6.45) is -4.53. The zero-order chi connectivity index (χ0) is 26.0. The maximum absolute atomic E-state index is 14.1. The van der Waals surface area contributed by atoms with E-state index in [2.05, 4.69) is 20.3 Å². The highest BCUT2D eigenvalue weighted by Gasteiger charge is 2.34. The number of alkyl halides is 3. The number of nitrogens with one attached hydrogen (secondary N) is 1. The van der Waals surface area contributed by atoms with E-state index in [9.17, 15) is 22.7 Å². The second kappa shape index (κ2) is 10.3. The molecule has 4 aromatic rings. The van der Waals surface area contributed by atoms with E-state index in [1.807, 2.05) is 0 Å². The minimum absolute atomic E-state index is 0.0446. The van der Waals surface area contributed by atoms with Crippen molar-refractivity contribution in [3.63, 3.8) is 0 Å². The van der Waals surface area contributed by atoms with Gasteiger partial charge in [-0.05, 0) is 36.4 Å². The van der Waals surface area contributed by atoms with Crippen LogP contribution in [0.15, 0.2) is 48.7 Å². The highest BCUT2D eigenvalue weighted by molar-refractivity contribution is 6.33. The Bertz CT molecular complexity index is 1420. The standard InChI is InChI=1S/C24H19ClF4N4O3/c1-36-11-21-32-19-7-12(22-17(25)6-13(9-30-22)20(35)10-34)2-4-15(19)23(33-21)31-14-3-5-16(18(26)8-14)24(27,28)29/h2-9,20,34-35H,10-11H2,1H3,(H,31,32,33)/t20-/m1/s1. The van der Waals surface area contributed by atoms with Gasteiger partial charge in [0.15, 0.2) is 5.82 Å². The summed E-state index contributed by atoms with van der Waals surface area (Å²) in [6.45, 7) is -0.436. The molecule has 4 rings (SSSR count). The van der Waals surface area contributed by atoms with E-state index in [0.717, 1.165) is 12.1 Å². The third-order valence-electron chi connectivity index (χ3n) is 5.25. The SMILES string of the molecule is COCc1nc(Nc2ccc(C(F)(F)F)c(F)c2)c2ccc(-c3ncc([C@H](O)CO)cc3Cl)cc2n1. The number of pyridine rings is 1. The zero-order valence-corrected chi connectivity index (χ0v) is 19.4. The first-order chi connectivity index (χ1) is 17.1. The molecule has 0 unspecified atom stereocenters. The van der Waals surface area contributed by atoms with Gasteiger partial charge < -0.3 is 20.3 Å². The van der Waals surface area contributed by atoms with Crippen LogP contribution in [0, 0.1) is 5.82 Å². The molecule has 1 atom stereocenters. The summed E-state index contributed by atoms with van der Waals surface area (Å²) in [5.41, 5.74) is 0.487. The van der Waals surface area contributed by atoms with Gasteiger partial charge in [0.05, 0.1) is 28.4 Å². The first-order valence-electron chi connectivity index (χ1n) is 10.5. The van der Waals surface area contributed by atoms with Crippen molar-refractivity contribution < 1.29 is 32.5 Å². The molecule has 0 fully saturated rings. The Kier molecular flexibility index (Phi) is 7.36. The lowest BCUT2D eigenvalue weighted by atomic mass is 10.1. The zero-order valence-electron chi connectivity index (χ0n) is 18.6. The summed E-state index contributed by atoms with van der Waals surface area (Å²) in [7, 11) is 1.45. The summed E-state index contributed by atoms with van der Waals surface area (Å²) in [6, 6.07) is 9.04. The number of rotatable bonds is 7. The van der Waals surface area contributed by atoms with Gasteiger partial charge in [0, 0.05) is 35.5 Å². The molecule has 0 spiro atoms. The molecule has 0 saturated carbocycles. The smallest absolute Gasteiger partial charge is 0.393 e. The third kappa shape index (κ3) is 5.39. The van der Waals surface area contributed by atoms with E-state index >= 15 is 0 Å². The fourth-order valence-corrected chi connectivity index (χ4v) is 3.81. The van der Waals surface area contributed by atoms with Crippen LogP contribution >= 0.6 is 11.6 Å². The lowest BCUT2D eigenvalue weighted by molar-refractivity contribution is -0.139. The molecular formula is C24H19ClF4N4O3. The Morgan fingerprint density at radius 3 is 2.53 bits per heavy atom. The number of aromatic nitrogens is 3. The molecule has 2 aromatic heterocycles. The summed E-state index contributed by atoms with van der Waals surface area (Å²) in [4.78, 5) is 13.1. The van der Waals surface area contributed by atoms with Crippen molar-refractivity contribution in [2.75, 3.05) is 19.0 Å².